The third-order valence-corrected chi connectivity index (χ3v) is 3.86. The van der Waals surface area contributed by atoms with Crippen LogP contribution in [0.4, 0.5) is 0 Å². The van der Waals surface area contributed by atoms with Crippen LogP contribution in [0.3, 0.4) is 0 Å². The van der Waals surface area contributed by atoms with Crippen LogP contribution >= 0.6 is 17.0 Å². The first-order chi connectivity index (χ1) is 11.6. The molecule has 1 N–H and O–H groups in total. The number of hydrogen-bond donors (Lipinski definition) is 1. The van der Waals surface area contributed by atoms with Gasteiger partial charge >= 0.3 is 37.9 Å². The van der Waals surface area contributed by atoms with Crippen LogP contribution in [0.2, 0.25) is 0 Å². The van der Waals surface area contributed by atoms with Crippen LogP contribution in [0.25, 0.3) is 11.1 Å². The van der Waals surface area contributed by atoms with Crippen molar-refractivity contribution < 1.29 is 26.0 Å². The first-order valence-electron chi connectivity index (χ1n) is 7.96. The topological polar surface area (TPSA) is 32.6 Å². The summed E-state index contributed by atoms with van der Waals surface area (Å²) in [5, 5.41) is 10.4. The third-order valence-electron chi connectivity index (χ3n) is 3.86. The molecule has 0 aliphatic heterocycles. The number of aliphatic imine (C=N–C) groups is 1. The van der Waals surface area contributed by atoms with E-state index in [9.17, 15) is 5.11 Å². The van der Waals surface area contributed by atoms with E-state index in [-0.39, 0.29) is 0 Å². The standard InChI is InChI=1S/C19H23NO.2ClH.Zr/c1-4-16(5-2)20-13-18-17(12-11-14(3)19(18)21)15-9-7-6-8-10-15;;;/h6-13,16,21H,4-5H2,1-3H3;2*1H;/q;;;+2/p-2. The Morgan fingerprint density at radius 2 is 1.67 bits per heavy atom. The van der Waals surface area contributed by atoms with E-state index in [1.165, 1.54) is 0 Å². The molecule has 0 saturated heterocycles. The van der Waals surface area contributed by atoms with Crippen LogP contribution in [-0.2, 0) is 20.8 Å². The van der Waals surface area contributed by atoms with Crippen molar-refractivity contribution in [3.05, 3.63) is 53.6 Å². The Labute approximate surface area is 163 Å². The molecule has 0 unspecified atom stereocenters. The van der Waals surface area contributed by atoms with Gasteiger partial charge in [-0.1, -0.05) is 56.3 Å². The molecule has 0 amide bonds. The van der Waals surface area contributed by atoms with Crippen LogP contribution in [-0.4, -0.2) is 17.4 Å². The number of aryl methyl sites for hydroxylation is 1. The van der Waals surface area contributed by atoms with Crippen molar-refractivity contribution in [2.24, 2.45) is 4.99 Å². The van der Waals surface area contributed by atoms with E-state index in [0.29, 0.717) is 11.8 Å². The Morgan fingerprint density at radius 1 is 1.08 bits per heavy atom. The quantitative estimate of drug-likeness (QED) is 0.537. The normalized spacial score (nSPS) is 10.6. The van der Waals surface area contributed by atoms with Crippen molar-refractivity contribution in [1.29, 1.82) is 0 Å². The predicted octanol–water partition coefficient (Wildman–Crippen LogP) is 6.35. The number of phenols is 1. The SMILES string of the molecule is CCC(CC)N=Cc1c(-c2ccccc2)ccc(C)c1O.[Cl][Zr][Cl]. The van der Waals surface area contributed by atoms with Crippen molar-refractivity contribution in [3.8, 4) is 16.9 Å². The average molecular weight is 444 g/mol. The molecule has 0 atom stereocenters. The minimum absolute atomic E-state index is 0.313. The van der Waals surface area contributed by atoms with Gasteiger partial charge in [0.15, 0.2) is 0 Å². The van der Waals surface area contributed by atoms with E-state index in [4.69, 9.17) is 17.0 Å². The molecule has 0 aliphatic carbocycles. The fourth-order valence-electron chi connectivity index (χ4n) is 2.40. The second-order valence-electron chi connectivity index (χ2n) is 5.38. The van der Waals surface area contributed by atoms with E-state index in [1.54, 1.807) is 0 Å². The molecule has 0 saturated carbocycles. The van der Waals surface area contributed by atoms with Gasteiger partial charge in [0.1, 0.15) is 5.75 Å². The number of benzene rings is 2. The van der Waals surface area contributed by atoms with Gasteiger partial charge in [-0.3, -0.25) is 4.99 Å². The van der Waals surface area contributed by atoms with Crippen molar-refractivity contribution in [2.75, 3.05) is 0 Å². The molecule has 2 rings (SSSR count). The molecule has 0 radical (unpaired) electrons. The van der Waals surface area contributed by atoms with Gasteiger partial charge in [0.05, 0.1) is 0 Å². The van der Waals surface area contributed by atoms with E-state index >= 15 is 0 Å². The molecular weight excluding hydrogens is 420 g/mol. The number of aromatic hydroxyl groups is 1. The first kappa shape index (κ1) is 21.4. The van der Waals surface area contributed by atoms with Gasteiger partial charge in [-0.2, -0.15) is 0 Å². The summed E-state index contributed by atoms with van der Waals surface area (Å²) in [5.41, 5.74) is 3.81. The summed E-state index contributed by atoms with van der Waals surface area (Å²) >= 11 is -0.826. The van der Waals surface area contributed by atoms with Gasteiger partial charge in [-0.15, -0.1) is 0 Å². The van der Waals surface area contributed by atoms with Crippen LogP contribution in [0.1, 0.15) is 37.8 Å². The number of nitrogens with zero attached hydrogens (tertiary/aromatic N) is 1. The van der Waals surface area contributed by atoms with Gasteiger partial charge in [0.2, 0.25) is 0 Å². The molecule has 0 bridgehead atoms. The Morgan fingerprint density at radius 3 is 2.21 bits per heavy atom. The van der Waals surface area contributed by atoms with Crippen LogP contribution in [0, 0.1) is 6.92 Å². The second-order valence-corrected chi connectivity index (χ2v) is 9.11. The Hall–Kier alpha value is -0.627. The van der Waals surface area contributed by atoms with Gasteiger partial charge in [0.25, 0.3) is 0 Å². The van der Waals surface area contributed by atoms with Crippen LogP contribution in [0.5, 0.6) is 5.75 Å². The third kappa shape index (κ3) is 6.35. The molecule has 0 aromatic heterocycles. The minimum atomic E-state index is -0.826. The van der Waals surface area contributed by atoms with Gasteiger partial charge in [-0.25, -0.2) is 0 Å². The summed E-state index contributed by atoms with van der Waals surface area (Å²) < 4.78 is 0. The summed E-state index contributed by atoms with van der Waals surface area (Å²) in [6.07, 6.45) is 3.86. The molecule has 0 heterocycles. The molecule has 24 heavy (non-hydrogen) atoms. The van der Waals surface area contributed by atoms with Gasteiger partial charge in [0, 0.05) is 17.8 Å². The summed E-state index contributed by atoms with van der Waals surface area (Å²) in [5.74, 6) is 0.325. The molecular formula is C19H23Cl2NOZr. The average Bonchev–Trinajstić information content (AvgIpc) is 2.61. The summed E-state index contributed by atoms with van der Waals surface area (Å²) in [4.78, 5) is 4.63. The molecule has 2 nitrogen and oxygen atoms in total. The van der Waals surface area contributed by atoms with E-state index < -0.39 is 20.8 Å². The molecule has 2 aromatic rings. The molecule has 128 valence electrons. The van der Waals surface area contributed by atoms with Gasteiger partial charge in [-0.05, 0) is 36.5 Å². The fraction of sp³-hybridized carbons (Fsp3) is 0.316. The van der Waals surface area contributed by atoms with Crippen molar-refractivity contribution in [3.63, 3.8) is 0 Å². The molecule has 5 heteroatoms. The monoisotopic (exact) mass is 441 g/mol. The second kappa shape index (κ2) is 11.8. The zero-order valence-electron chi connectivity index (χ0n) is 14.3. The number of rotatable bonds is 5. The zero-order valence-corrected chi connectivity index (χ0v) is 18.2. The summed E-state index contributed by atoms with van der Waals surface area (Å²) in [7, 11) is 9.87. The fourth-order valence-corrected chi connectivity index (χ4v) is 2.40. The molecule has 0 aliphatic rings. The van der Waals surface area contributed by atoms with Gasteiger partial charge < -0.3 is 5.11 Å². The Balaban J connectivity index is 0.000000891. The predicted molar refractivity (Wildman–Crippen MR) is 102 cm³/mol. The van der Waals surface area contributed by atoms with E-state index in [1.807, 2.05) is 37.4 Å². The zero-order chi connectivity index (χ0) is 17.9. The molecule has 0 fully saturated rings. The Bertz CT molecular complexity index is 643. The van der Waals surface area contributed by atoms with Crippen molar-refractivity contribution in [2.45, 2.75) is 39.7 Å². The van der Waals surface area contributed by atoms with Crippen molar-refractivity contribution in [1.82, 2.24) is 0 Å². The number of halogens is 2. The van der Waals surface area contributed by atoms with Crippen molar-refractivity contribution >= 4 is 23.2 Å². The van der Waals surface area contributed by atoms with E-state index in [0.717, 1.165) is 35.1 Å². The number of phenolic OH excluding ortho intramolecular Hbond substituents is 1. The van der Waals surface area contributed by atoms with Crippen LogP contribution < -0.4 is 0 Å². The molecule has 2 aromatic carbocycles. The summed E-state index contributed by atoms with van der Waals surface area (Å²) in [6, 6.07) is 14.4. The maximum atomic E-state index is 10.4. The maximum absolute atomic E-state index is 10.4. The number of hydrogen-bond acceptors (Lipinski definition) is 2. The van der Waals surface area contributed by atoms with Crippen LogP contribution in [0.15, 0.2) is 47.5 Å². The Kier molecular flexibility index (Phi) is 10.6. The van der Waals surface area contributed by atoms with E-state index in [2.05, 4.69) is 37.0 Å². The first-order valence-corrected chi connectivity index (χ1v) is 14.3. The molecule has 0 spiro atoms. The summed E-state index contributed by atoms with van der Waals surface area (Å²) in [6.45, 7) is 6.19.